The van der Waals surface area contributed by atoms with E-state index in [1.54, 1.807) is 13.0 Å². The van der Waals surface area contributed by atoms with Crippen LogP contribution < -0.4 is 4.72 Å². The largest absolute Gasteiger partial charge is 0.304 e. The van der Waals surface area contributed by atoms with Crippen molar-refractivity contribution in [3.05, 3.63) is 29.6 Å². The van der Waals surface area contributed by atoms with E-state index in [2.05, 4.69) is 21.6 Å². The maximum absolute atomic E-state index is 13.8. The number of halogens is 1. The van der Waals surface area contributed by atoms with Gasteiger partial charge >= 0.3 is 0 Å². The van der Waals surface area contributed by atoms with E-state index in [9.17, 15) is 12.8 Å². The molecule has 5 nitrogen and oxygen atoms in total. The molecule has 1 aliphatic heterocycles. The molecule has 1 fully saturated rings. The second-order valence-electron chi connectivity index (χ2n) is 6.49. The number of hydrogen-bond donors (Lipinski definition) is 1. The number of piperazine rings is 1. The monoisotopic (exact) mass is 343 g/mol. The normalized spacial score (nSPS) is 19.0. The van der Waals surface area contributed by atoms with Crippen molar-refractivity contribution in [2.45, 2.75) is 18.7 Å². The third kappa shape index (κ3) is 5.24. The van der Waals surface area contributed by atoms with Crippen LogP contribution in [0.3, 0.4) is 0 Å². The van der Waals surface area contributed by atoms with Gasteiger partial charge < -0.3 is 9.80 Å². The molecule has 0 radical (unpaired) electrons. The van der Waals surface area contributed by atoms with Crippen LogP contribution in [0.25, 0.3) is 0 Å². The van der Waals surface area contributed by atoms with Crippen LogP contribution in [0.15, 0.2) is 23.1 Å². The van der Waals surface area contributed by atoms with Gasteiger partial charge in [0, 0.05) is 39.3 Å². The lowest BCUT2D eigenvalue weighted by molar-refractivity contribution is 0.139. The molecule has 1 aromatic carbocycles. The fourth-order valence-electron chi connectivity index (χ4n) is 2.69. The molecule has 1 atom stereocenters. The highest BCUT2D eigenvalue weighted by molar-refractivity contribution is 7.89. The standard InChI is InChI=1S/C16H26FN3O2S/c1-13-4-5-16(15(17)10-13)23(21,22)18-11-14(2)12-20-8-6-19(3)7-9-20/h4-5,10,14,18H,6-9,11-12H2,1-3H3. The van der Waals surface area contributed by atoms with Gasteiger partial charge in [0.05, 0.1) is 0 Å². The average Bonchev–Trinajstić information content (AvgIpc) is 2.47. The summed E-state index contributed by atoms with van der Waals surface area (Å²) < 4.78 is 40.8. The van der Waals surface area contributed by atoms with Crippen molar-refractivity contribution in [3.8, 4) is 0 Å². The van der Waals surface area contributed by atoms with E-state index in [0.29, 0.717) is 12.1 Å². The Morgan fingerprint density at radius 3 is 2.52 bits per heavy atom. The number of aryl methyl sites for hydroxylation is 1. The molecule has 0 aliphatic carbocycles. The van der Waals surface area contributed by atoms with Crippen LogP contribution in [0, 0.1) is 18.7 Å². The Hall–Kier alpha value is -1.02. The predicted molar refractivity (Wildman–Crippen MR) is 89.4 cm³/mol. The molecule has 1 heterocycles. The fourth-order valence-corrected chi connectivity index (χ4v) is 3.91. The molecule has 7 heteroatoms. The van der Waals surface area contributed by atoms with Crippen molar-refractivity contribution in [1.29, 1.82) is 0 Å². The predicted octanol–water partition coefficient (Wildman–Crippen LogP) is 1.30. The molecular weight excluding hydrogens is 317 g/mol. The van der Waals surface area contributed by atoms with Crippen molar-refractivity contribution in [3.63, 3.8) is 0 Å². The van der Waals surface area contributed by atoms with E-state index in [-0.39, 0.29) is 10.8 Å². The molecule has 1 aromatic rings. The second kappa shape index (κ2) is 7.70. The lowest BCUT2D eigenvalue weighted by Gasteiger charge is -2.33. The van der Waals surface area contributed by atoms with Crippen molar-refractivity contribution >= 4 is 10.0 Å². The molecule has 0 spiro atoms. The lowest BCUT2D eigenvalue weighted by atomic mass is 10.1. The number of likely N-dealkylation sites (N-methyl/N-ethyl adjacent to an activating group) is 1. The maximum Gasteiger partial charge on any atom is 0.243 e. The zero-order valence-corrected chi connectivity index (χ0v) is 14.9. The molecule has 0 bridgehead atoms. The first-order chi connectivity index (χ1) is 10.8. The van der Waals surface area contributed by atoms with Gasteiger partial charge in [-0.05, 0) is 37.6 Å². The van der Waals surface area contributed by atoms with E-state index in [4.69, 9.17) is 0 Å². The van der Waals surface area contributed by atoms with Crippen LogP contribution in [-0.4, -0.2) is 64.5 Å². The summed E-state index contributed by atoms with van der Waals surface area (Å²) in [4.78, 5) is 4.34. The average molecular weight is 343 g/mol. The number of hydrogen-bond acceptors (Lipinski definition) is 4. The van der Waals surface area contributed by atoms with Gasteiger partial charge in [-0.1, -0.05) is 13.0 Å². The zero-order chi connectivity index (χ0) is 17.0. The molecule has 2 rings (SSSR count). The van der Waals surface area contributed by atoms with Crippen molar-refractivity contribution in [2.75, 3.05) is 46.3 Å². The van der Waals surface area contributed by atoms with Crippen LogP contribution in [0.2, 0.25) is 0 Å². The smallest absolute Gasteiger partial charge is 0.243 e. The Bertz CT molecular complexity index is 628. The lowest BCUT2D eigenvalue weighted by Crippen LogP contribution is -2.46. The Morgan fingerprint density at radius 1 is 1.26 bits per heavy atom. The first-order valence-electron chi connectivity index (χ1n) is 7.94. The zero-order valence-electron chi connectivity index (χ0n) is 14.0. The van der Waals surface area contributed by atoms with Gasteiger partial charge in [-0.15, -0.1) is 0 Å². The van der Waals surface area contributed by atoms with Gasteiger partial charge in [0.1, 0.15) is 10.7 Å². The first kappa shape index (κ1) is 18.3. The van der Waals surface area contributed by atoms with Crippen LogP contribution in [0.1, 0.15) is 12.5 Å². The minimum Gasteiger partial charge on any atom is -0.304 e. The Balaban J connectivity index is 1.88. The molecule has 0 saturated carbocycles. The highest BCUT2D eigenvalue weighted by Crippen LogP contribution is 2.16. The van der Waals surface area contributed by atoms with Crippen LogP contribution in [0.5, 0.6) is 0 Å². The van der Waals surface area contributed by atoms with E-state index in [1.807, 2.05) is 6.92 Å². The van der Waals surface area contributed by atoms with Crippen LogP contribution in [0.4, 0.5) is 4.39 Å². The molecule has 1 aliphatic rings. The molecular formula is C16H26FN3O2S. The molecule has 130 valence electrons. The molecule has 0 amide bonds. The number of rotatable bonds is 6. The van der Waals surface area contributed by atoms with Gasteiger partial charge in [0.2, 0.25) is 10.0 Å². The first-order valence-corrected chi connectivity index (χ1v) is 9.43. The fraction of sp³-hybridized carbons (Fsp3) is 0.625. The summed E-state index contributed by atoms with van der Waals surface area (Å²) in [6.07, 6.45) is 0. The van der Waals surface area contributed by atoms with Gasteiger partial charge in [-0.25, -0.2) is 17.5 Å². The van der Waals surface area contributed by atoms with E-state index < -0.39 is 15.8 Å². The quantitative estimate of drug-likeness (QED) is 0.846. The number of nitrogens with zero attached hydrogens (tertiary/aromatic N) is 2. The van der Waals surface area contributed by atoms with Gasteiger partial charge in [-0.3, -0.25) is 0 Å². The van der Waals surface area contributed by atoms with Gasteiger partial charge in [-0.2, -0.15) is 0 Å². The maximum atomic E-state index is 13.8. The molecule has 1 N–H and O–H groups in total. The van der Waals surface area contributed by atoms with Crippen LogP contribution >= 0.6 is 0 Å². The summed E-state index contributed by atoms with van der Waals surface area (Å²) in [5.41, 5.74) is 0.699. The third-order valence-corrected chi connectivity index (χ3v) is 5.62. The summed E-state index contributed by atoms with van der Waals surface area (Å²) in [7, 11) is -1.70. The van der Waals surface area contributed by atoms with Crippen molar-refractivity contribution in [2.24, 2.45) is 5.92 Å². The minimum atomic E-state index is -3.80. The van der Waals surface area contributed by atoms with E-state index in [0.717, 1.165) is 32.7 Å². The highest BCUT2D eigenvalue weighted by Gasteiger charge is 2.21. The minimum absolute atomic E-state index is 0.168. The summed E-state index contributed by atoms with van der Waals surface area (Å²) >= 11 is 0. The topological polar surface area (TPSA) is 52.7 Å². The second-order valence-corrected chi connectivity index (χ2v) is 8.23. The Kier molecular flexibility index (Phi) is 6.13. The van der Waals surface area contributed by atoms with Crippen LogP contribution in [-0.2, 0) is 10.0 Å². The van der Waals surface area contributed by atoms with Gasteiger partial charge in [0.15, 0.2) is 0 Å². The summed E-state index contributed by atoms with van der Waals surface area (Å²) in [6, 6.07) is 4.16. The third-order valence-electron chi connectivity index (χ3n) is 4.16. The summed E-state index contributed by atoms with van der Waals surface area (Å²) in [5, 5.41) is 0. The summed E-state index contributed by atoms with van der Waals surface area (Å²) in [6.45, 7) is 8.95. The highest BCUT2D eigenvalue weighted by atomic mass is 32.2. The molecule has 0 aromatic heterocycles. The SMILES string of the molecule is Cc1ccc(S(=O)(=O)NCC(C)CN2CCN(C)CC2)c(F)c1. The number of nitrogens with one attached hydrogen (secondary N) is 1. The molecule has 1 unspecified atom stereocenters. The number of benzene rings is 1. The van der Waals surface area contributed by atoms with Gasteiger partial charge in [0.25, 0.3) is 0 Å². The number of sulfonamides is 1. The van der Waals surface area contributed by atoms with Crippen molar-refractivity contribution < 1.29 is 12.8 Å². The Morgan fingerprint density at radius 2 is 1.91 bits per heavy atom. The molecule has 1 saturated heterocycles. The van der Waals surface area contributed by atoms with Crippen molar-refractivity contribution in [1.82, 2.24) is 14.5 Å². The molecule has 23 heavy (non-hydrogen) atoms. The van der Waals surface area contributed by atoms with E-state index in [1.165, 1.54) is 12.1 Å². The Labute approximate surface area is 138 Å². The van der Waals surface area contributed by atoms with E-state index >= 15 is 0 Å². The summed E-state index contributed by atoms with van der Waals surface area (Å²) in [5.74, 6) is -0.536.